The third-order valence-electron chi connectivity index (χ3n) is 3.56. The predicted molar refractivity (Wildman–Crippen MR) is 86.6 cm³/mol. The van der Waals surface area contributed by atoms with Crippen LogP contribution in [0.1, 0.15) is 27.0 Å². The van der Waals surface area contributed by atoms with Crippen molar-refractivity contribution in [2.75, 3.05) is 14.2 Å². The Hall–Kier alpha value is -2.49. The number of benzene rings is 2. The van der Waals surface area contributed by atoms with Gasteiger partial charge in [-0.15, -0.1) is 0 Å². The number of aryl methyl sites for hydroxylation is 2. The van der Waals surface area contributed by atoms with Crippen LogP contribution in [0.5, 0.6) is 11.5 Å². The molecule has 22 heavy (non-hydrogen) atoms. The first-order chi connectivity index (χ1) is 10.5. The van der Waals surface area contributed by atoms with Crippen molar-refractivity contribution >= 4 is 5.91 Å². The van der Waals surface area contributed by atoms with E-state index in [2.05, 4.69) is 5.32 Å². The zero-order valence-electron chi connectivity index (χ0n) is 13.4. The fourth-order valence-corrected chi connectivity index (χ4v) is 2.27. The number of ether oxygens (including phenoxy) is 2. The van der Waals surface area contributed by atoms with Gasteiger partial charge in [0.05, 0.1) is 14.2 Å². The molecule has 0 aliphatic carbocycles. The Bertz CT molecular complexity index is 680. The second kappa shape index (κ2) is 6.98. The van der Waals surface area contributed by atoms with E-state index in [1.807, 2.05) is 50.2 Å². The molecule has 2 rings (SSSR count). The van der Waals surface area contributed by atoms with Gasteiger partial charge in [-0.2, -0.15) is 0 Å². The normalized spacial score (nSPS) is 10.2. The lowest BCUT2D eigenvalue weighted by atomic mass is 10.0. The minimum absolute atomic E-state index is 0.0916. The summed E-state index contributed by atoms with van der Waals surface area (Å²) in [7, 11) is 3.22. The van der Waals surface area contributed by atoms with Gasteiger partial charge in [-0.1, -0.05) is 17.7 Å². The van der Waals surface area contributed by atoms with Gasteiger partial charge >= 0.3 is 0 Å². The van der Waals surface area contributed by atoms with E-state index < -0.39 is 0 Å². The number of rotatable bonds is 5. The summed E-state index contributed by atoms with van der Waals surface area (Å²) >= 11 is 0. The highest BCUT2D eigenvalue weighted by Crippen LogP contribution is 2.24. The highest BCUT2D eigenvalue weighted by Gasteiger charge is 2.11. The molecule has 0 saturated heterocycles. The van der Waals surface area contributed by atoms with Crippen LogP contribution in [0.3, 0.4) is 0 Å². The maximum absolute atomic E-state index is 12.4. The first kappa shape index (κ1) is 15.9. The van der Waals surface area contributed by atoms with E-state index in [0.717, 1.165) is 28.2 Å². The van der Waals surface area contributed by atoms with Crippen molar-refractivity contribution in [2.45, 2.75) is 20.4 Å². The molecular formula is C18H21NO3. The number of carbonyl (C=O) groups is 1. The van der Waals surface area contributed by atoms with Crippen LogP contribution in [0.4, 0.5) is 0 Å². The fraction of sp³-hybridized carbons (Fsp3) is 0.278. The average molecular weight is 299 g/mol. The summed E-state index contributed by atoms with van der Waals surface area (Å²) in [5.41, 5.74) is 3.60. The smallest absolute Gasteiger partial charge is 0.251 e. The second-order valence-electron chi connectivity index (χ2n) is 5.18. The van der Waals surface area contributed by atoms with Gasteiger partial charge in [0.1, 0.15) is 11.5 Å². The Morgan fingerprint density at radius 2 is 1.82 bits per heavy atom. The van der Waals surface area contributed by atoms with Crippen molar-refractivity contribution in [3.8, 4) is 11.5 Å². The number of hydrogen-bond acceptors (Lipinski definition) is 3. The van der Waals surface area contributed by atoms with Gasteiger partial charge in [0.25, 0.3) is 5.91 Å². The highest BCUT2D eigenvalue weighted by atomic mass is 16.5. The van der Waals surface area contributed by atoms with Crippen molar-refractivity contribution in [3.05, 3.63) is 58.7 Å². The Kier molecular flexibility index (Phi) is 5.04. The van der Waals surface area contributed by atoms with Crippen molar-refractivity contribution in [2.24, 2.45) is 0 Å². The number of hydrogen-bond donors (Lipinski definition) is 1. The zero-order chi connectivity index (χ0) is 16.1. The van der Waals surface area contributed by atoms with Crippen LogP contribution >= 0.6 is 0 Å². The third kappa shape index (κ3) is 3.58. The molecule has 0 aliphatic heterocycles. The summed E-state index contributed by atoms with van der Waals surface area (Å²) in [5, 5.41) is 2.93. The van der Waals surface area contributed by atoms with Crippen molar-refractivity contribution in [1.82, 2.24) is 5.32 Å². The molecular weight excluding hydrogens is 278 g/mol. The number of nitrogens with one attached hydrogen (secondary N) is 1. The molecule has 4 heteroatoms. The lowest BCUT2D eigenvalue weighted by Gasteiger charge is -2.12. The summed E-state index contributed by atoms with van der Waals surface area (Å²) in [5.74, 6) is 1.37. The minimum Gasteiger partial charge on any atom is -0.497 e. The lowest BCUT2D eigenvalue weighted by molar-refractivity contribution is 0.0950. The standard InChI is InChI=1S/C18H21NO3/c1-12-5-6-13(2)16(9-12)18(20)19-11-14-10-15(21-3)7-8-17(14)22-4/h5-10H,11H2,1-4H3,(H,19,20). The molecule has 0 radical (unpaired) electrons. The van der Waals surface area contributed by atoms with Gasteiger partial charge < -0.3 is 14.8 Å². The van der Waals surface area contributed by atoms with E-state index in [0.29, 0.717) is 12.1 Å². The first-order valence-corrected chi connectivity index (χ1v) is 7.11. The van der Waals surface area contributed by atoms with Crippen molar-refractivity contribution in [3.63, 3.8) is 0 Å². The molecule has 0 spiro atoms. The molecule has 0 aromatic heterocycles. The summed E-state index contributed by atoms with van der Waals surface area (Å²) < 4.78 is 10.5. The van der Waals surface area contributed by atoms with Crippen LogP contribution in [0.15, 0.2) is 36.4 Å². The molecule has 0 bridgehead atoms. The maximum Gasteiger partial charge on any atom is 0.251 e. The van der Waals surface area contributed by atoms with E-state index in [-0.39, 0.29) is 5.91 Å². The fourth-order valence-electron chi connectivity index (χ4n) is 2.27. The first-order valence-electron chi connectivity index (χ1n) is 7.11. The van der Waals surface area contributed by atoms with Gasteiger partial charge in [0.2, 0.25) is 0 Å². The maximum atomic E-state index is 12.4. The number of methoxy groups -OCH3 is 2. The summed E-state index contributed by atoms with van der Waals surface area (Å²) in [6.07, 6.45) is 0. The molecule has 0 atom stereocenters. The van der Waals surface area contributed by atoms with Crippen molar-refractivity contribution in [1.29, 1.82) is 0 Å². The Balaban J connectivity index is 2.15. The topological polar surface area (TPSA) is 47.6 Å². The van der Waals surface area contributed by atoms with Gasteiger partial charge in [-0.05, 0) is 43.7 Å². The van der Waals surface area contributed by atoms with Gasteiger partial charge in [-0.25, -0.2) is 0 Å². The highest BCUT2D eigenvalue weighted by molar-refractivity contribution is 5.95. The molecule has 0 saturated carbocycles. The molecule has 0 fully saturated rings. The molecule has 2 aromatic rings. The van der Waals surface area contributed by atoms with Crippen LogP contribution in [0, 0.1) is 13.8 Å². The zero-order valence-corrected chi connectivity index (χ0v) is 13.4. The molecule has 0 heterocycles. The van der Waals surface area contributed by atoms with E-state index in [4.69, 9.17) is 9.47 Å². The van der Waals surface area contributed by atoms with Crippen molar-refractivity contribution < 1.29 is 14.3 Å². The largest absolute Gasteiger partial charge is 0.497 e. The summed E-state index contributed by atoms with van der Waals surface area (Å²) in [4.78, 5) is 12.4. The average Bonchev–Trinajstić information content (AvgIpc) is 2.54. The van der Waals surface area contributed by atoms with E-state index in [9.17, 15) is 4.79 Å². The molecule has 2 aromatic carbocycles. The van der Waals surface area contributed by atoms with Crippen LogP contribution in [0.2, 0.25) is 0 Å². The van der Waals surface area contributed by atoms with Crippen LogP contribution in [-0.4, -0.2) is 20.1 Å². The lowest BCUT2D eigenvalue weighted by Crippen LogP contribution is -2.24. The van der Waals surface area contributed by atoms with Gasteiger partial charge in [-0.3, -0.25) is 4.79 Å². The third-order valence-corrected chi connectivity index (χ3v) is 3.56. The van der Waals surface area contributed by atoms with E-state index in [1.54, 1.807) is 14.2 Å². The monoisotopic (exact) mass is 299 g/mol. The Morgan fingerprint density at radius 1 is 1.05 bits per heavy atom. The molecule has 0 aliphatic rings. The van der Waals surface area contributed by atoms with E-state index >= 15 is 0 Å². The molecule has 116 valence electrons. The number of amides is 1. The van der Waals surface area contributed by atoms with E-state index in [1.165, 1.54) is 0 Å². The summed E-state index contributed by atoms with van der Waals surface area (Å²) in [6, 6.07) is 11.4. The predicted octanol–water partition coefficient (Wildman–Crippen LogP) is 3.25. The van der Waals surface area contributed by atoms with Gasteiger partial charge in [0.15, 0.2) is 0 Å². The molecule has 1 N–H and O–H groups in total. The van der Waals surface area contributed by atoms with Crippen LogP contribution < -0.4 is 14.8 Å². The Labute approximate surface area is 131 Å². The summed E-state index contributed by atoms with van der Waals surface area (Å²) in [6.45, 7) is 4.29. The second-order valence-corrected chi connectivity index (χ2v) is 5.18. The SMILES string of the molecule is COc1ccc(OC)c(CNC(=O)c2cc(C)ccc2C)c1. The number of carbonyl (C=O) groups excluding carboxylic acids is 1. The quantitative estimate of drug-likeness (QED) is 0.922. The molecule has 4 nitrogen and oxygen atoms in total. The van der Waals surface area contributed by atoms with Crippen LogP contribution in [-0.2, 0) is 6.54 Å². The molecule has 1 amide bonds. The Morgan fingerprint density at radius 3 is 2.50 bits per heavy atom. The minimum atomic E-state index is -0.0916. The van der Waals surface area contributed by atoms with Gasteiger partial charge in [0, 0.05) is 17.7 Å². The van der Waals surface area contributed by atoms with Crippen LogP contribution in [0.25, 0.3) is 0 Å². The molecule has 0 unspecified atom stereocenters.